The Kier molecular flexibility index (Phi) is 4.38. The molecule has 6 heteroatoms. The van der Waals surface area contributed by atoms with Gasteiger partial charge in [-0.05, 0) is 30.7 Å². The van der Waals surface area contributed by atoms with Gasteiger partial charge in [-0.2, -0.15) is 0 Å². The Morgan fingerprint density at radius 3 is 2.67 bits per heavy atom. The minimum atomic E-state index is -0.277. The van der Waals surface area contributed by atoms with Crippen LogP contribution in [0.2, 0.25) is 5.02 Å². The summed E-state index contributed by atoms with van der Waals surface area (Å²) in [4.78, 5) is 11.6. The molecule has 0 saturated heterocycles. The molecule has 0 aromatic heterocycles. The number of carbonyl (C=O) groups excluding carboxylic acids is 1. The van der Waals surface area contributed by atoms with E-state index in [0.717, 1.165) is 5.56 Å². The van der Waals surface area contributed by atoms with E-state index in [2.05, 4.69) is 35.7 Å². The zero-order valence-electron chi connectivity index (χ0n) is 7.87. The molecule has 0 bridgehead atoms. The second kappa shape index (κ2) is 5.34. The SMILES string of the molecule is Cc1cc(Cl)ccc1C(=O)NNC(=S)S. The predicted molar refractivity (Wildman–Crippen MR) is 68.4 cm³/mol. The fourth-order valence-corrected chi connectivity index (χ4v) is 1.39. The Balaban J connectivity index is 2.78. The summed E-state index contributed by atoms with van der Waals surface area (Å²) in [7, 11) is 0. The number of thiocarbonyl (C=S) groups is 1. The summed E-state index contributed by atoms with van der Waals surface area (Å²) in [6, 6.07) is 5.02. The standard InChI is InChI=1S/C9H9ClN2OS2/c1-5-4-6(10)2-3-7(5)8(13)11-12-9(14)15/h2-4H,1H3,(H,11,13)(H2,12,14,15). The van der Waals surface area contributed by atoms with Gasteiger partial charge >= 0.3 is 0 Å². The molecular formula is C9H9ClN2OS2. The number of nitrogens with one attached hydrogen (secondary N) is 2. The summed E-state index contributed by atoms with van der Waals surface area (Å²) in [6.45, 7) is 1.81. The monoisotopic (exact) mass is 260 g/mol. The van der Waals surface area contributed by atoms with Crippen molar-refractivity contribution in [1.29, 1.82) is 0 Å². The van der Waals surface area contributed by atoms with Gasteiger partial charge in [0, 0.05) is 10.6 Å². The van der Waals surface area contributed by atoms with Crippen LogP contribution in [-0.4, -0.2) is 10.2 Å². The van der Waals surface area contributed by atoms with Crippen LogP contribution in [0, 0.1) is 6.92 Å². The third-order valence-corrected chi connectivity index (χ3v) is 2.17. The maximum Gasteiger partial charge on any atom is 0.269 e. The molecule has 15 heavy (non-hydrogen) atoms. The highest BCUT2D eigenvalue weighted by Crippen LogP contribution is 2.14. The number of hydrazine groups is 1. The maximum absolute atomic E-state index is 11.6. The number of hydrogen-bond donors (Lipinski definition) is 3. The van der Waals surface area contributed by atoms with Gasteiger partial charge < -0.3 is 0 Å². The lowest BCUT2D eigenvalue weighted by Gasteiger charge is -2.08. The molecule has 80 valence electrons. The first-order valence-electron chi connectivity index (χ1n) is 4.06. The van der Waals surface area contributed by atoms with E-state index >= 15 is 0 Å². The van der Waals surface area contributed by atoms with E-state index in [1.165, 1.54) is 0 Å². The number of rotatable bonds is 1. The fourth-order valence-electron chi connectivity index (χ4n) is 1.06. The Labute approximate surface area is 104 Å². The van der Waals surface area contributed by atoms with Crippen LogP contribution in [0.1, 0.15) is 15.9 Å². The number of thiol groups is 1. The van der Waals surface area contributed by atoms with Crippen molar-refractivity contribution in [2.24, 2.45) is 0 Å². The predicted octanol–water partition coefficient (Wildman–Crippen LogP) is 2.10. The molecule has 1 rings (SSSR count). The summed E-state index contributed by atoms with van der Waals surface area (Å²) in [5.41, 5.74) is 6.19. The van der Waals surface area contributed by atoms with Gasteiger partial charge in [-0.1, -0.05) is 23.8 Å². The zero-order chi connectivity index (χ0) is 11.4. The normalized spacial score (nSPS) is 9.53. The minimum absolute atomic E-state index is 0.204. The molecule has 2 N–H and O–H groups in total. The zero-order valence-corrected chi connectivity index (χ0v) is 10.3. The highest BCUT2D eigenvalue weighted by Gasteiger charge is 2.08. The van der Waals surface area contributed by atoms with E-state index in [1.54, 1.807) is 25.1 Å². The molecular weight excluding hydrogens is 252 g/mol. The lowest BCUT2D eigenvalue weighted by Crippen LogP contribution is -2.39. The van der Waals surface area contributed by atoms with Crippen LogP contribution >= 0.6 is 36.4 Å². The topological polar surface area (TPSA) is 41.1 Å². The van der Waals surface area contributed by atoms with Crippen molar-refractivity contribution >= 4 is 46.7 Å². The van der Waals surface area contributed by atoms with Crippen molar-refractivity contribution in [2.45, 2.75) is 6.92 Å². The van der Waals surface area contributed by atoms with Crippen LogP contribution in [0.5, 0.6) is 0 Å². The van der Waals surface area contributed by atoms with E-state index in [-0.39, 0.29) is 10.2 Å². The van der Waals surface area contributed by atoms with Gasteiger partial charge in [0.1, 0.15) is 4.32 Å². The summed E-state index contributed by atoms with van der Waals surface area (Å²) < 4.78 is 0.204. The summed E-state index contributed by atoms with van der Waals surface area (Å²) >= 11 is 14.2. The molecule has 0 aliphatic heterocycles. The molecule has 1 aromatic carbocycles. The van der Waals surface area contributed by atoms with Crippen molar-refractivity contribution in [3.63, 3.8) is 0 Å². The fraction of sp³-hybridized carbons (Fsp3) is 0.111. The van der Waals surface area contributed by atoms with Crippen molar-refractivity contribution in [3.8, 4) is 0 Å². The third kappa shape index (κ3) is 3.70. The second-order valence-electron chi connectivity index (χ2n) is 2.84. The highest BCUT2D eigenvalue weighted by molar-refractivity contribution is 8.11. The lowest BCUT2D eigenvalue weighted by atomic mass is 10.1. The summed E-state index contributed by atoms with van der Waals surface area (Å²) in [5, 5.41) is 0.599. The average molecular weight is 261 g/mol. The second-order valence-corrected chi connectivity index (χ2v) is 4.44. The highest BCUT2D eigenvalue weighted by atomic mass is 35.5. The number of aryl methyl sites for hydroxylation is 1. The number of carbonyl (C=O) groups is 1. The van der Waals surface area contributed by atoms with Gasteiger partial charge in [-0.15, -0.1) is 12.6 Å². The van der Waals surface area contributed by atoms with Gasteiger partial charge in [0.15, 0.2) is 0 Å². The molecule has 0 aliphatic rings. The molecule has 0 spiro atoms. The van der Waals surface area contributed by atoms with Crippen LogP contribution < -0.4 is 10.9 Å². The van der Waals surface area contributed by atoms with Crippen molar-refractivity contribution in [2.75, 3.05) is 0 Å². The molecule has 0 radical (unpaired) electrons. The molecule has 1 aromatic rings. The molecule has 0 heterocycles. The average Bonchev–Trinajstić information content (AvgIpc) is 2.14. The first-order valence-corrected chi connectivity index (χ1v) is 5.29. The van der Waals surface area contributed by atoms with Crippen LogP contribution in [0.15, 0.2) is 18.2 Å². The lowest BCUT2D eigenvalue weighted by molar-refractivity contribution is 0.0944. The summed E-state index contributed by atoms with van der Waals surface area (Å²) in [5.74, 6) is -0.277. The van der Waals surface area contributed by atoms with Gasteiger partial charge in [0.05, 0.1) is 0 Å². The third-order valence-electron chi connectivity index (χ3n) is 1.72. The number of hydrogen-bond acceptors (Lipinski definition) is 2. The smallest absolute Gasteiger partial charge is 0.269 e. The van der Waals surface area contributed by atoms with Gasteiger partial charge in [-0.3, -0.25) is 15.6 Å². The van der Waals surface area contributed by atoms with Crippen LogP contribution in [0.3, 0.4) is 0 Å². The first kappa shape index (κ1) is 12.3. The molecule has 0 saturated carbocycles. The number of halogens is 1. The molecule has 1 amide bonds. The Morgan fingerprint density at radius 1 is 1.47 bits per heavy atom. The van der Waals surface area contributed by atoms with Gasteiger partial charge in [0.25, 0.3) is 5.91 Å². The Bertz CT molecular complexity index is 409. The van der Waals surface area contributed by atoms with Gasteiger partial charge in [-0.25, -0.2) is 0 Å². The molecule has 3 nitrogen and oxygen atoms in total. The van der Waals surface area contributed by atoms with Crippen molar-refractivity contribution in [1.82, 2.24) is 10.9 Å². The summed E-state index contributed by atoms with van der Waals surface area (Å²) in [6.07, 6.45) is 0. The van der Waals surface area contributed by atoms with E-state index in [0.29, 0.717) is 10.6 Å². The van der Waals surface area contributed by atoms with E-state index < -0.39 is 0 Å². The number of benzene rings is 1. The van der Waals surface area contributed by atoms with Crippen molar-refractivity contribution in [3.05, 3.63) is 34.3 Å². The minimum Gasteiger partial charge on any atom is -0.283 e. The molecule has 0 atom stereocenters. The first-order chi connectivity index (χ1) is 7.00. The Morgan fingerprint density at radius 2 is 2.13 bits per heavy atom. The molecule has 0 fully saturated rings. The van der Waals surface area contributed by atoms with Crippen LogP contribution in [0.25, 0.3) is 0 Å². The number of amides is 1. The quantitative estimate of drug-likeness (QED) is 0.412. The van der Waals surface area contributed by atoms with E-state index in [4.69, 9.17) is 11.6 Å². The molecule has 0 unspecified atom stereocenters. The largest absolute Gasteiger partial charge is 0.283 e. The Hall–Kier alpha value is -0.780. The van der Waals surface area contributed by atoms with E-state index in [9.17, 15) is 4.79 Å². The van der Waals surface area contributed by atoms with Gasteiger partial charge in [0.2, 0.25) is 0 Å². The maximum atomic E-state index is 11.6. The van der Waals surface area contributed by atoms with Crippen molar-refractivity contribution < 1.29 is 4.79 Å². The molecule has 0 aliphatic carbocycles. The van der Waals surface area contributed by atoms with Crippen LogP contribution in [0.4, 0.5) is 0 Å². The van der Waals surface area contributed by atoms with Crippen LogP contribution in [-0.2, 0) is 0 Å². The van der Waals surface area contributed by atoms with E-state index in [1.807, 2.05) is 0 Å².